The first-order valence-electron chi connectivity index (χ1n) is 4.17. The Bertz CT molecular complexity index is 330. The maximum atomic E-state index is 5.10. The molecule has 64 valence electrons. The number of anilines is 1. The molecular formula is C10H10InNO. The number of rotatable bonds is 2. The van der Waals surface area contributed by atoms with E-state index in [-0.39, 0.29) is 0 Å². The summed E-state index contributed by atoms with van der Waals surface area (Å²) in [6, 6.07) is 8.22. The number of nitrogens with zero attached hydrogens (tertiary/aromatic N) is 1. The molecule has 1 aliphatic heterocycles. The minimum atomic E-state index is -0.633. The summed E-state index contributed by atoms with van der Waals surface area (Å²) in [7, 11) is 1.69. The number of hydrogen-bond donors (Lipinski definition) is 0. The molecular weight excluding hydrogens is 265 g/mol. The molecule has 2 nitrogen and oxygen atoms in total. The van der Waals surface area contributed by atoms with Crippen LogP contribution >= 0.6 is 0 Å². The van der Waals surface area contributed by atoms with Gasteiger partial charge in [0.05, 0.1) is 0 Å². The molecule has 0 fully saturated rings. The van der Waals surface area contributed by atoms with E-state index in [1.807, 2.05) is 12.1 Å². The molecule has 3 heteroatoms. The van der Waals surface area contributed by atoms with Gasteiger partial charge in [-0.25, -0.2) is 0 Å². The third-order valence-electron chi connectivity index (χ3n) is 1.98. The average Bonchev–Trinajstić information content (AvgIpc) is 2.71. The molecule has 2 rings (SSSR count). The van der Waals surface area contributed by atoms with Crippen LogP contribution in [0.25, 0.3) is 0 Å². The van der Waals surface area contributed by atoms with Crippen LogP contribution in [-0.2, 0) is 0 Å². The van der Waals surface area contributed by atoms with E-state index in [0.717, 1.165) is 5.75 Å². The van der Waals surface area contributed by atoms with Gasteiger partial charge in [0.15, 0.2) is 0 Å². The number of allylic oxidation sites excluding steroid dienone is 1. The normalized spacial score (nSPS) is 13.2. The fourth-order valence-electron chi connectivity index (χ4n) is 1.26. The molecule has 0 amide bonds. The molecule has 0 saturated heterocycles. The summed E-state index contributed by atoms with van der Waals surface area (Å²) in [5.74, 6) is 0.920. The number of benzene rings is 1. The molecule has 1 heterocycles. The van der Waals surface area contributed by atoms with E-state index < -0.39 is 22.7 Å². The Balaban J connectivity index is 2.22. The Morgan fingerprint density at radius 2 is 2.00 bits per heavy atom. The number of methoxy groups -OCH3 is 1. The quantitative estimate of drug-likeness (QED) is 0.810. The second-order valence-corrected chi connectivity index (χ2v) is 6.33. The van der Waals surface area contributed by atoms with E-state index in [1.54, 1.807) is 7.11 Å². The molecule has 0 bridgehead atoms. The van der Waals surface area contributed by atoms with Gasteiger partial charge in [0, 0.05) is 0 Å². The SMILES string of the molecule is COc1ccc([N]2C=C[CH]=[In]2)cc1. The van der Waals surface area contributed by atoms with Gasteiger partial charge in [0.1, 0.15) is 0 Å². The average molecular weight is 275 g/mol. The zero-order valence-corrected chi connectivity index (χ0v) is 10.8. The van der Waals surface area contributed by atoms with E-state index in [2.05, 4.69) is 31.1 Å². The molecule has 0 aromatic heterocycles. The third kappa shape index (κ3) is 1.97. The monoisotopic (exact) mass is 275 g/mol. The summed E-state index contributed by atoms with van der Waals surface area (Å²) in [5.41, 5.74) is 1.28. The fourth-order valence-corrected chi connectivity index (χ4v) is 3.91. The van der Waals surface area contributed by atoms with Crippen LogP contribution in [0.4, 0.5) is 5.69 Å². The van der Waals surface area contributed by atoms with Gasteiger partial charge in [-0.1, -0.05) is 0 Å². The number of ether oxygens (including phenoxy) is 1. The van der Waals surface area contributed by atoms with Gasteiger partial charge in [-0.3, -0.25) is 0 Å². The van der Waals surface area contributed by atoms with Crippen molar-refractivity contribution in [2.24, 2.45) is 0 Å². The Kier molecular flexibility index (Phi) is 2.74. The van der Waals surface area contributed by atoms with E-state index >= 15 is 0 Å². The van der Waals surface area contributed by atoms with Crippen molar-refractivity contribution in [3.05, 3.63) is 36.5 Å². The molecule has 0 radical (unpaired) electrons. The van der Waals surface area contributed by atoms with Crippen LogP contribution in [0, 0.1) is 0 Å². The molecule has 0 aliphatic carbocycles. The van der Waals surface area contributed by atoms with Crippen LogP contribution in [0.1, 0.15) is 0 Å². The van der Waals surface area contributed by atoms with Crippen LogP contribution in [-0.4, -0.2) is 33.6 Å². The van der Waals surface area contributed by atoms with E-state index in [9.17, 15) is 0 Å². The number of hydrogen-bond acceptors (Lipinski definition) is 2. The zero-order valence-electron chi connectivity index (χ0n) is 7.47. The minimum absolute atomic E-state index is 0.633. The molecule has 0 atom stereocenters. The van der Waals surface area contributed by atoms with Crippen LogP contribution in [0.2, 0.25) is 0 Å². The van der Waals surface area contributed by atoms with Crippen molar-refractivity contribution in [3.8, 4) is 5.75 Å². The maximum absolute atomic E-state index is 5.10. The van der Waals surface area contributed by atoms with E-state index in [4.69, 9.17) is 4.74 Å². The van der Waals surface area contributed by atoms with Gasteiger partial charge in [-0.05, 0) is 0 Å². The van der Waals surface area contributed by atoms with Crippen molar-refractivity contribution in [1.29, 1.82) is 0 Å². The Morgan fingerprint density at radius 3 is 2.54 bits per heavy atom. The van der Waals surface area contributed by atoms with Gasteiger partial charge in [-0.15, -0.1) is 0 Å². The van der Waals surface area contributed by atoms with Crippen LogP contribution < -0.4 is 7.62 Å². The first kappa shape index (κ1) is 8.88. The van der Waals surface area contributed by atoms with Crippen molar-refractivity contribution >= 4 is 32.2 Å². The van der Waals surface area contributed by atoms with Gasteiger partial charge in [0.25, 0.3) is 0 Å². The molecule has 13 heavy (non-hydrogen) atoms. The molecule has 0 spiro atoms. The summed E-state index contributed by atoms with van der Waals surface area (Å²) >= 11 is -0.633. The molecule has 1 aliphatic rings. The summed E-state index contributed by atoms with van der Waals surface area (Å²) in [6.07, 6.45) is 4.30. The summed E-state index contributed by atoms with van der Waals surface area (Å²) in [4.78, 5) is 0. The van der Waals surface area contributed by atoms with E-state index in [0.29, 0.717) is 0 Å². The Labute approximate surface area is 89.0 Å². The third-order valence-corrected chi connectivity index (χ3v) is 5.36. The first-order chi connectivity index (χ1) is 6.40. The second kappa shape index (κ2) is 4.01. The van der Waals surface area contributed by atoms with Crippen molar-refractivity contribution in [3.63, 3.8) is 0 Å². The molecule has 0 saturated carbocycles. The Hall–Kier alpha value is -0.700. The van der Waals surface area contributed by atoms with Crippen LogP contribution in [0.5, 0.6) is 5.75 Å². The predicted molar refractivity (Wildman–Crippen MR) is 56.4 cm³/mol. The van der Waals surface area contributed by atoms with Crippen molar-refractivity contribution in [1.82, 2.24) is 0 Å². The van der Waals surface area contributed by atoms with Crippen molar-refractivity contribution < 1.29 is 4.74 Å². The molecule has 1 aromatic carbocycles. The standard InChI is InChI=1S/C10H10NO.In/c1-3-8-11-9-4-6-10(12-2)7-5-9;/h1,3-8H,2H3;/q-1;+1. The van der Waals surface area contributed by atoms with Crippen LogP contribution in [0.15, 0.2) is 36.5 Å². The van der Waals surface area contributed by atoms with Gasteiger partial charge < -0.3 is 0 Å². The predicted octanol–water partition coefficient (Wildman–Crippen LogP) is 1.45. The molecule has 0 unspecified atom stereocenters. The van der Waals surface area contributed by atoms with Crippen molar-refractivity contribution in [2.75, 3.05) is 10.00 Å². The topological polar surface area (TPSA) is 12.5 Å². The van der Waals surface area contributed by atoms with Gasteiger partial charge >= 0.3 is 89.2 Å². The summed E-state index contributed by atoms with van der Waals surface area (Å²) in [6.45, 7) is 0. The molecule has 1 aromatic rings. The van der Waals surface area contributed by atoms with Crippen molar-refractivity contribution in [2.45, 2.75) is 0 Å². The van der Waals surface area contributed by atoms with Crippen LogP contribution in [0.3, 0.4) is 0 Å². The zero-order chi connectivity index (χ0) is 9.10. The van der Waals surface area contributed by atoms with Gasteiger partial charge in [0.2, 0.25) is 0 Å². The first-order valence-corrected chi connectivity index (χ1v) is 7.55. The fraction of sp³-hybridized carbons (Fsp3) is 0.100. The summed E-state index contributed by atoms with van der Waals surface area (Å²) < 4.78 is 9.79. The summed E-state index contributed by atoms with van der Waals surface area (Å²) in [5, 5.41) is 0. The second-order valence-electron chi connectivity index (χ2n) is 2.79. The van der Waals surface area contributed by atoms with E-state index in [1.165, 1.54) is 5.69 Å². The molecule has 0 N–H and O–H groups in total. The Morgan fingerprint density at radius 1 is 1.23 bits per heavy atom. The van der Waals surface area contributed by atoms with Gasteiger partial charge in [-0.2, -0.15) is 0 Å².